The Morgan fingerprint density at radius 2 is 1.79 bits per heavy atom. The van der Waals surface area contributed by atoms with E-state index in [9.17, 15) is 10.1 Å². The number of rotatable bonds is 4. The molecule has 4 aromatic rings. The summed E-state index contributed by atoms with van der Waals surface area (Å²) < 4.78 is 3.65. The fourth-order valence-electron chi connectivity index (χ4n) is 3.52. The van der Waals surface area contributed by atoms with Gasteiger partial charge in [-0.3, -0.25) is 9.48 Å². The van der Waals surface area contributed by atoms with E-state index in [0.717, 1.165) is 22.2 Å². The SMILES string of the molecule is Cn1cc(/C=C(\C#N)C(=O)c2c(-c3ccccc3)n(C)c3ccccc23)cn1. The Morgan fingerprint density at radius 1 is 1.07 bits per heavy atom. The molecule has 2 heterocycles. The summed E-state index contributed by atoms with van der Waals surface area (Å²) in [5, 5.41) is 14.6. The lowest BCUT2D eigenvalue weighted by Gasteiger charge is -2.07. The van der Waals surface area contributed by atoms with Gasteiger partial charge in [0.15, 0.2) is 0 Å². The molecule has 4 rings (SSSR count). The first-order chi connectivity index (χ1) is 13.6. The molecule has 2 aromatic heterocycles. The maximum Gasteiger partial charge on any atom is 0.206 e. The van der Waals surface area contributed by atoms with Crippen molar-refractivity contribution in [1.82, 2.24) is 14.3 Å². The van der Waals surface area contributed by atoms with Gasteiger partial charge in [0.05, 0.1) is 17.5 Å². The normalized spacial score (nSPS) is 11.5. The van der Waals surface area contributed by atoms with E-state index in [1.165, 1.54) is 0 Å². The van der Waals surface area contributed by atoms with Gasteiger partial charge in [0, 0.05) is 36.8 Å². The zero-order valence-corrected chi connectivity index (χ0v) is 15.6. The van der Waals surface area contributed by atoms with Gasteiger partial charge in [-0.2, -0.15) is 10.4 Å². The summed E-state index contributed by atoms with van der Waals surface area (Å²) in [6.07, 6.45) is 4.99. The Hall–Kier alpha value is -3.91. The van der Waals surface area contributed by atoms with Crippen molar-refractivity contribution in [3.63, 3.8) is 0 Å². The monoisotopic (exact) mass is 366 g/mol. The molecule has 0 aliphatic carbocycles. The third-order valence-corrected chi connectivity index (χ3v) is 4.78. The van der Waals surface area contributed by atoms with Crippen molar-refractivity contribution in [3.05, 3.63) is 83.7 Å². The topological polar surface area (TPSA) is 63.6 Å². The van der Waals surface area contributed by atoms with Gasteiger partial charge in [-0.15, -0.1) is 0 Å². The minimum Gasteiger partial charge on any atom is -0.343 e. The van der Waals surface area contributed by atoms with E-state index in [2.05, 4.69) is 11.2 Å². The first-order valence-corrected chi connectivity index (χ1v) is 8.88. The second-order valence-electron chi connectivity index (χ2n) is 6.61. The lowest BCUT2D eigenvalue weighted by atomic mass is 9.97. The van der Waals surface area contributed by atoms with Crippen LogP contribution in [0.4, 0.5) is 0 Å². The summed E-state index contributed by atoms with van der Waals surface area (Å²) >= 11 is 0. The molecule has 136 valence electrons. The van der Waals surface area contributed by atoms with E-state index >= 15 is 0 Å². The average molecular weight is 366 g/mol. The molecule has 0 atom stereocenters. The third-order valence-electron chi connectivity index (χ3n) is 4.78. The van der Waals surface area contributed by atoms with Crippen molar-refractivity contribution in [2.45, 2.75) is 0 Å². The summed E-state index contributed by atoms with van der Waals surface area (Å²) in [4.78, 5) is 13.5. The standard InChI is InChI=1S/C23H18N4O/c1-26-15-16(14-25-26)12-18(13-24)23(28)21-19-10-6-7-11-20(19)27(2)22(21)17-8-4-3-5-9-17/h3-12,14-15H,1-2H3/b18-12+. The Labute approximate surface area is 162 Å². The fraction of sp³-hybridized carbons (Fsp3) is 0.0870. The number of Topliss-reactive ketones (excluding diaryl/α,β-unsaturated/α-hetero) is 1. The molecule has 0 aliphatic rings. The summed E-state index contributed by atoms with van der Waals surface area (Å²) in [7, 11) is 3.74. The van der Waals surface area contributed by atoms with E-state index in [4.69, 9.17) is 0 Å². The summed E-state index contributed by atoms with van der Waals surface area (Å²) in [6, 6.07) is 19.6. The van der Waals surface area contributed by atoms with E-state index in [0.29, 0.717) is 11.1 Å². The quantitative estimate of drug-likeness (QED) is 0.306. The van der Waals surface area contributed by atoms with E-state index < -0.39 is 0 Å². The van der Waals surface area contributed by atoms with Crippen molar-refractivity contribution in [2.75, 3.05) is 0 Å². The average Bonchev–Trinajstić information content (AvgIpc) is 3.27. The van der Waals surface area contributed by atoms with Crippen LogP contribution in [-0.4, -0.2) is 20.1 Å². The Kier molecular flexibility index (Phi) is 4.38. The molecular weight excluding hydrogens is 348 g/mol. The van der Waals surface area contributed by atoms with E-state index in [-0.39, 0.29) is 11.4 Å². The molecule has 0 fully saturated rings. The molecule has 5 nitrogen and oxygen atoms in total. The number of nitriles is 1. The number of nitrogens with zero attached hydrogens (tertiary/aromatic N) is 4. The minimum atomic E-state index is -0.290. The van der Waals surface area contributed by atoms with Crippen LogP contribution in [0.3, 0.4) is 0 Å². The molecule has 28 heavy (non-hydrogen) atoms. The molecule has 0 spiro atoms. The predicted octanol–water partition coefficient (Wildman–Crippen LogP) is 4.37. The van der Waals surface area contributed by atoms with Gasteiger partial charge in [-0.05, 0) is 17.7 Å². The van der Waals surface area contributed by atoms with Gasteiger partial charge >= 0.3 is 0 Å². The zero-order chi connectivity index (χ0) is 19.7. The van der Waals surface area contributed by atoms with Crippen LogP contribution in [0.1, 0.15) is 15.9 Å². The van der Waals surface area contributed by atoms with Crippen molar-refractivity contribution in [1.29, 1.82) is 5.26 Å². The summed E-state index contributed by atoms with van der Waals surface area (Å²) in [5.74, 6) is -0.290. The summed E-state index contributed by atoms with van der Waals surface area (Å²) in [5.41, 5.74) is 4.03. The van der Waals surface area contributed by atoms with Crippen molar-refractivity contribution < 1.29 is 4.79 Å². The first kappa shape index (κ1) is 17.5. The number of aryl methyl sites for hydroxylation is 2. The number of fused-ring (bicyclic) bond motifs is 1. The maximum atomic E-state index is 13.5. The van der Waals surface area contributed by atoms with Crippen LogP contribution in [0.2, 0.25) is 0 Å². The number of carbonyl (C=O) groups excluding carboxylic acids is 1. The fourth-order valence-corrected chi connectivity index (χ4v) is 3.52. The molecule has 0 saturated carbocycles. The van der Waals surface area contributed by atoms with Crippen molar-refractivity contribution in [3.8, 4) is 17.3 Å². The maximum absolute atomic E-state index is 13.5. The molecule has 0 saturated heterocycles. The Balaban J connectivity index is 1.96. The predicted molar refractivity (Wildman–Crippen MR) is 109 cm³/mol. The van der Waals surface area contributed by atoms with Crippen LogP contribution in [0.5, 0.6) is 0 Å². The molecule has 5 heteroatoms. The second kappa shape index (κ2) is 7.01. The van der Waals surface area contributed by atoms with Crippen molar-refractivity contribution >= 4 is 22.8 Å². The van der Waals surface area contributed by atoms with Gasteiger partial charge in [-0.25, -0.2) is 0 Å². The molecule has 0 aliphatic heterocycles. The third kappa shape index (κ3) is 2.91. The molecule has 0 amide bonds. The number of hydrogen-bond acceptors (Lipinski definition) is 3. The number of carbonyl (C=O) groups is 1. The lowest BCUT2D eigenvalue weighted by Crippen LogP contribution is -2.04. The highest BCUT2D eigenvalue weighted by molar-refractivity contribution is 6.23. The Bertz CT molecular complexity index is 1250. The van der Waals surface area contributed by atoms with Gasteiger partial charge < -0.3 is 4.57 Å². The number of para-hydroxylation sites is 1. The molecule has 0 bridgehead atoms. The van der Waals surface area contributed by atoms with Gasteiger partial charge in [0.1, 0.15) is 11.6 Å². The van der Waals surface area contributed by atoms with Crippen LogP contribution < -0.4 is 0 Å². The van der Waals surface area contributed by atoms with Gasteiger partial charge in [0.25, 0.3) is 0 Å². The van der Waals surface area contributed by atoms with Crippen LogP contribution in [0.15, 0.2) is 72.6 Å². The number of ketones is 1. The Morgan fingerprint density at radius 3 is 2.46 bits per heavy atom. The van der Waals surface area contributed by atoms with E-state index in [1.807, 2.05) is 66.2 Å². The van der Waals surface area contributed by atoms with Gasteiger partial charge in [-0.1, -0.05) is 48.5 Å². The van der Waals surface area contributed by atoms with Crippen LogP contribution >= 0.6 is 0 Å². The first-order valence-electron chi connectivity index (χ1n) is 8.88. The number of hydrogen-bond donors (Lipinski definition) is 0. The molecule has 0 N–H and O–H groups in total. The largest absolute Gasteiger partial charge is 0.343 e. The molecule has 0 unspecified atom stereocenters. The molecule has 2 aromatic carbocycles. The molecular formula is C23H18N4O. The highest BCUT2D eigenvalue weighted by atomic mass is 16.1. The van der Waals surface area contributed by atoms with Crippen LogP contribution in [0, 0.1) is 11.3 Å². The van der Waals surface area contributed by atoms with Crippen molar-refractivity contribution in [2.24, 2.45) is 14.1 Å². The second-order valence-corrected chi connectivity index (χ2v) is 6.61. The number of aromatic nitrogens is 3. The summed E-state index contributed by atoms with van der Waals surface area (Å²) in [6.45, 7) is 0. The van der Waals surface area contributed by atoms with Crippen LogP contribution in [-0.2, 0) is 14.1 Å². The zero-order valence-electron chi connectivity index (χ0n) is 15.6. The lowest BCUT2D eigenvalue weighted by molar-refractivity contribution is 0.104. The van der Waals surface area contributed by atoms with Crippen LogP contribution in [0.25, 0.3) is 28.2 Å². The number of benzene rings is 2. The van der Waals surface area contributed by atoms with E-state index in [1.54, 1.807) is 30.2 Å². The highest BCUT2D eigenvalue weighted by Crippen LogP contribution is 2.34. The minimum absolute atomic E-state index is 0.0848. The molecule has 0 radical (unpaired) electrons. The number of allylic oxidation sites excluding steroid dienone is 1. The smallest absolute Gasteiger partial charge is 0.206 e. The van der Waals surface area contributed by atoms with Gasteiger partial charge in [0.2, 0.25) is 5.78 Å². The highest BCUT2D eigenvalue weighted by Gasteiger charge is 2.24.